The van der Waals surface area contributed by atoms with Crippen molar-refractivity contribution in [3.8, 4) is 0 Å². The number of benzene rings is 1. The normalized spacial score (nSPS) is 14.3. The molecule has 0 aliphatic carbocycles. The van der Waals surface area contributed by atoms with Gasteiger partial charge in [0, 0.05) is 25.5 Å². The van der Waals surface area contributed by atoms with E-state index in [0.29, 0.717) is 12.1 Å². The molecule has 5 heteroatoms. The molecule has 2 heterocycles. The molecule has 1 aromatic carbocycles. The lowest BCUT2D eigenvalue weighted by atomic mass is 10.1. The van der Waals surface area contributed by atoms with Crippen LogP contribution in [0.2, 0.25) is 0 Å². The molecule has 0 saturated heterocycles. The van der Waals surface area contributed by atoms with Gasteiger partial charge in [0.15, 0.2) is 0 Å². The molecular formula is C14H13N3O2. The topological polar surface area (TPSA) is 66.3 Å². The minimum Gasteiger partial charge on any atom is -0.478 e. The summed E-state index contributed by atoms with van der Waals surface area (Å²) >= 11 is 0. The summed E-state index contributed by atoms with van der Waals surface area (Å²) in [4.78, 5) is 21.5. The Balaban J connectivity index is 1.75. The van der Waals surface area contributed by atoms with Crippen LogP contribution in [-0.4, -0.2) is 25.9 Å². The molecule has 19 heavy (non-hydrogen) atoms. The van der Waals surface area contributed by atoms with Crippen molar-refractivity contribution in [2.45, 2.75) is 19.6 Å². The van der Waals surface area contributed by atoms with Gasteiger partial charge in [0.05, 0.1) is 12.1 Å². The lowest BCUT2D eigenvalue weighted by Crippen LogP contribution is -2.17. The molecule has 0 radical (unpaired) electrons. The maximum atomic E-state index is 10.9. The highest BCUT2D eigenvalue weighted by Gasteiger charge is 2.20. The zero-order chi connectivity index (χ0) is 13.2. The highest BCUT2D eigenvalue weighted by Crippen LogP contribution is 2.24. The zero-order valence-corrected chi connectivity index (χ0v) is 10.3. The maximum absolute atomic E-state index is 10.9. The Labute approximate surface area is 110 Å². The SMILES string of the molecule is O=C(O)c1ccc2c(c1)CN(Cc1ncccn1)C2. The fourth-order valence-corrected chi connectivity index (χ4v) is 2.32. The van der Waals surface area contributed by atoms with Crippen LogP contribution in [0.1, 0.15) is 27.3 Å². The van der Waals surface area contributed by atoms with Crippen molar-refractivity contribution in [3.63, 3.8) is 0 Å². The third kappa shape index (κ3) is 2.46. The standard InChI is InChI=1S/C14H13N3O2/c18-14(19)10-2-3-11-7-17(8-12(11)6-10)9-13-15-4-1-5-16-13/h1-6H,7-9H2,(H,18,19). The Bertz CT molecular complexity index is 613. The number of aromatic carboxylic acids is 1. The van der Waals surface area contributed by atoms with Gasteiger partial charge in [0.2, 0.25) is 0 Å². The van der Waals surface area contributed by atoms with Crippen molar-refractivity contribution in [2.24, 2.45) is 0 Å². The summed E-state index contributed by atoms with van der Waals surface area (Å²) in [6, 6.07) is 7.10. The van der Waals surface area contributed by atoms with Gasteiger partial charge in [0.25, 0.3) is 0 Å². The molecule has 0 amide bonds. The number of rotatable bonds is 3. The highest BCUT2D eigenvalue weighted by molar-refractivity contribution is 5.87. The van der Waals surface area contributed by atoms with E-state index in [2.05, 4.69) is 14.9 Å². The second-order valence-electron chi connectivity index (χ2n) is 4.60. The molecule has 1 aliphatic heterocycles. The van der Waals surface area contributed by atoms with E-state index >= 15 is 0 Å². The Morgan fingerprint density at radius 2 is 1.95 bits per heavy atom. The zero-order valence-electron chi connectivity index (χ0n) is 10.3. The average Bonchev–Trinajstić information content (AvgIpc) is 2.80. The second kappa shape index (κ2) is 4.78. The molecule has 0 fully saturated rings. The summed E-state index contributed by atoms with van der Waals surface area (Å²) in [6.07, 6.45) is 3.46. The van der Waals surface area contributed by atoms with Crippen LogP contribution in [0.4, 0.5) is 0 Å². The number of carbonyl (C=O) groups is 1. The Hall–Kier alpha value is -2.27. The summed E-state index contributed by atoms with van der Waals surface area (Å²) < 4.78 is 0. The van der Waals surface area contributed by atoms with Crippen molar-refractivity contribution in [1.29, 1.82) is 0 Å². The number of hydrogen-bond acceptors (Lipinski definition) is 4. The molecule has 0 spiro atoms. The quantitative estimate of drug-likeness (QED) is 0.904. The molecule has 0 bridgehead atoms. The van der Waals surface area contributed by atoms with E-state index in [-0.39, 0.29) is 0 Å². The van der Waals surface area contributed by atoms with Crippen LogP contribution >= 0.6 is 0 Å². The van der Waals surface area contributed by atoms with Gasteiger partial charge >= 0.3 is 5.97 Å². The van der Waals surface area contributed by atoms with Crippen LogP contribution in [0.5, 0.6) is 0 Å². The van der Waals surface area contributed by atoms with E-state index in [1.54, 1.807) is 30.6 Å². The fraction of sp³-hybridized carbons (Fsp3) is 0.214. The summed E-state index contributed by atoms with van der Waals surface area (Å²) in [7, 11) is 0. The van der Waals surface area contributed by atoms with Crippen LogP contribution in [-0.2, 0) is 19.6 Å². The summed E-state index contributed by atoms with van der Waals surface area (Å²) in [5, 5.41) is 8.98. The van der Waals surface area contributed by atoms with Crippen LogP contribution in [0.25, 0.3) is 0 Å². The first-order chi connectivity index (χ1) is 9.22. The first-order valence-electron chi connectivity index (χ1n) is 6.06. The van der Waals surface area contributed by atoms with Gasteiger partial charge < -0.3 is 5.11 Å². The van der Waals surface area contributed by atoms with Gasteiger partial charge in [-0.2, -0.15) is 0 Å². The smallest absolute Gasteiger partial charge is 0.335 e. The Kier molecular flexibility index (Phi) is 2.97. The number of hydrogen-bond donors (Lipinski definition) is 1. The third-order valence-corrected chi connectivity index (χ3v) is 3.23. The summed E-state index contributed by atoms with van der Waals surface area (Å²) in [6.45, 7) is 2.24. The Morgan fingerprint density at radius 1 is 1.21 bits per heavy atom. The van der Waals surface area contributed by atoms with Gasteiger partial charge in [0.1, 0.15) is 5.82 Å². The number of carboxylic acids is 1. The Morgan fingerprint density at radius 3 is 2.68 bits per heavy atom. The molecule has 2 aromatic rings. The van der Waals surface area contributed by atoms with E-state index in [1.807, 2.05) is 6.07 Å². The molecule has 1 aromatic heterocycles. The molecule has 0 saturated carbocycles. The molecule has 0 atom stereocenters. The largest absolute Gasteiger partial charge is 0.478 e. The van der Waals surface area contributed by atoms with Crippen LogP contribution in [0, 0.1) is 0 Å². The van der Waals surface area contributed by atoms with Gasteiger partial charge in [-0.3, -0.25) is 4.90 Å². The predicted octanol–water partition coefficient (Wildman–Crippen LogP) is 1.69. The van der Waals surface area contributed by atoms with Gasteiger partial charge in [-0.25, -0.2) is 14.8 Å². The van der Waals surface area contributed by atoms with Crippen LogP contribution in [0.3, 0.4) is 0 Å². The molecule has 5 nitrogen and oxygen atoms in total. The molecule has 96 valence electrons. The van der Waals surface area contributed by atoms with Crippen LogP contribution < -0.4 is 0 Å². The molecular weight excluding hydrogens is 242 g/mol. The first-order valence-corrected chi connectivity index (χ1v) is 6.06. The van der Waals surface area contributed by atoms with E-state index in [0.717, 1.165) is 24.5 Å². The number of carboxylic acid groups (broad SMARTS) is 1. The number of aromatic nitrogens is 2. The second-order valence-corrected chi connectivity index (χ2v) is 4.60. The minimum absolute atomic E-state index is 0.344. The minimum atomic E-state index is -0.882. The van der Waals surface area contributed by atoms with E-state index in [4.69, 9.17) is 5.11 Å². The van der Waals surface area contributed by atoms with Gasteiger partial charge in [-0.05, 0) is 29.3 Å². The third-order valence-electron chi connectivity index (χ3n) is 3.23. The molecule has 1 N–H and O–H groups in total. The summed E-state index contributed by atoms with van der Waals surface area (Å²) in [5.74, 6) is -0.0959. The van der Waals surface area contributed by atoms with Gasteiger partial charge in [-0.1, -0.05) is 6.07 Å². The monoisotopic (exact) mass is 255 g/mol. The molecule has 1 aliphatic rings. The van der Waals surface area contributed by atoms with Crippen LogP contribution in [0.15, 0.2) is 36.7 Å². The van der Waals surface area contributed by atoms with Crippen molar-refractivity contribution in [2.75, 3.05) is 0 Å². The lowest BCUT2D eigenvalue weighted by molar-refractivity contribution is 0.0696. The van der Waals surface area contributed by atoms with Crippen molar-refractivity contribution < 1.29 is 9.90 Å². The fourth-order valence-electron chi connectivity index (χ4n) is 2.32. The van der Waals surface area contributed by atoms with Crippen molar-refractivity contribution in [3.05, 3.63) is 59.2 Å². The molecule has 0 unspecified atom stereocenters. The molecule has 3 rings (SSSR count). The predicted molar refractivity (Wildman–Crippen MR) is 68.4 cm³/mol. The number of nitrogens with zero attached hydrogens (tertiary/aromatic N) is 3. The average molecular weight is 255 g/mol. The first kappa shape index (κ1) is 11.8. The van der Waals surface area contributed by atoms with Crippen molar-refractivity contribution >= 4 is 5.97 Å². The van der Waals surface area contributed by atoms with E-state index in [1.165, 1.54) is 5.56 Å². The van der Waals surface area contributed by atoms with Crippen molar-refractivity contribution in [1.82, 2.24) is 14.9 Å². The van der Waals surface area contributed by atoms with E-state index in [9.17, 15) is 4.79 Å². The maximum Gasteiger partial charge on any atom is 0.335 e. The summed E-state index contributed by atoms with van der Waals surface area (Å²) in [5.41, 5.74) is 2.60. The highest BCUT2D eigenvalue weighted by atomic mass is 16.4. The van der Waals surface area contributed by atoms with Gasteiger partial charge in [-0.15, -0.1) is 0 Å². The van der Waals surface area contributed by atoms with E-state index < -0.39 is 5.97 Å². The lowest BCUT2D eigenvalue weighted by Gasteiger charge is -2.12. The number of fused-ring (bicyclic) bond motifs is 1.